The average molecular weight is 319 g/mol. The number of likely N-dealkylation sites (tertiary alicyclic amines) is 1. The van der Waals surface area contributed by atoms with E-state index in [-0.39, 0.29) is 0 Å². The summed E-state index contributed by atoms with van der Waals surface area (Å²) >= 11 is 0. The molecule has 1 heterocycles. The van der Waals surface area contributed by atoms with Crippen molar-refractivity contribution >= 4 is 11.8 Å². The summed E-state index contributed by atoms with van der Waals surface area (Å²) < 4.78 is 9.99. The minimum absolute atomic E-state index is 0.577. The van der Waals surface area contributed by atoms with E-state index >= 15 is 0 Å². The Morgan fingerprint density at radius 2 is 2.00 bits per heavy atom. The number of carbonyl (C=O) groups excluding carboxylic acids is 1. The predicted octanol–water partition coefficient (Wildman–Crippen LogP) is 2.76. The topological polar surface area (TPSA) is 63.2 Å². The Morgan fingerprint density at radius 1 is 1.26 bits per heavy atom. The van der Waals surface area contributed by atoms with Crippen molar-refractivity contribution in [3.8, 4) is 5.75 Å². The maximum atomic E-state index is 11.1. The fourth-order valence-corrected chi connectivity index (χ4v) is 2.73. The Morgan fingerprint density at radius 3 is 2.65 bits per heavy atom. The lowest BCUT2D eigenvalue weighted by atomic mass is 10.0. The molecule has 0 saturated carbocycles. The fraction of sp³-hybridized carbons (Fsp3) is 0.529. The van der Waals surface area contributed by atoms with Crippen LogP contribution >= 0.6 is 0 Å². The van der Waals surface area contributed by atoms with Gasteiger partial charge >= 0.3 is 6.09 Å². The lowest BCUT2D eigenvalue weighted by molar-refractivity contribution is 0.171. The second-order valence-electron chi connectivity index (χ2n) is 5.66. The molecule has 0 aliphatic carbocycles. The maximum absolute atomic E-state index is 11.1. The van der Waals surface area contributed by atoms with Gasteiger partial charge in [-0.05, 0) is 56.6 Å². The average Bonchev–Trinajstić information content (AvgIpc) is 2.60. The summed E-state index contributed by atoms with van der Waals surface area (Å²) in [5.74, 6) is 0.882. The highest BCUT2D eigenvalue weighted by molar-refractivity contribution is 5.99. The van der Waals surface area contributed by atoms with E-state index in [0.29, 0.717) is 0 Å². The Bertz CT molecular complexity index is 566. The van der Waals surface area contributed by atoms with E-state index in [0.717, 1.165) is 42.2 Å². The summed E-state index contributed by atoms with van der Waals surface area (Å²) in [5, 5.41) is 4.05. The highest BCUT2D eigenvalue weighted by atomic mass is 16.5. The molecule has 1 amide bonds. The van der Waals surface area contributed by atoms with Crippen LogP contribution in [0.2, 0.25) is 0 Å². The quantitative estimate of drug-likeness (QED) is 0.669. The van der Waals surface area contributed by atoms with Crippen molar-refractivity contribution in [3.63, 3.8) is 0 Å². The van der Waals surface area contributed by atoms with Gasteiger partial charge in [-0.3, -0.25) is 4.90 Å². The first-order chi connectivity index (χ1) is 11.1. The van der Waals surface area contributed by atoms with Crippen molar-refractivity contribution in [2.75, 3.05) is 27.3 Å². The van der Waals surface area contributed by atoms with Gasteiger partial charge in [0.05, 0.1) is 19.9 Å². The SMILES string of the molecule is COC(=O)N/N=C(/C)c1ccc(OC)c(CN2CCCCC2)c1. The third kappa shape index (κ3) is 4.96. The molecule has 1 fully saturated rings. The fourth-order valence-electron chi connectivity index (χ4n) is 2.73. The van der Waals surface area contributed by atoms with Crippen LogP contribution in [0.25, 0.3) is 0 Å². The Hall–Kier alpha value is -2.08. The zero-order chi connectivity index (χ0) is 16.7. The van der Waals surface area contributed by atoms with Crippen molar-refractivity contribution < 1.29 is 14.3 Å². The van der Waals surface area contributed by atoms with Crippen LogP contribution in [0.4, 0.5) is 4.79 Å². The van der Waals surface area contributed by atoms with Crippen molar-refractivity contribution in [1.82, 2.24) is 10.3 Å². The van der Waals surface area contributed by atoms with Crippen molar-refractivity contribution in [2.45, 2.75) is 32.7 Å². The van der Waals surface area contributed by atoms with Gasteiger partial charge in [0.2, 0.25) is 0 Å². The number of amides is 1. The van der Waals surface area contributed by atoms with Crippen molar-refractivity contribution in [3.05, 3.63) is 29.3 Å². The van der Waals surface area contributed by atoms with Crippen LogP contribution in [0.15, 0.2) is 23.3 Å². The second kappa shape index (κ2) is 8.53. The third-order valence-electron chi connectivity index (χ3n) is 4.04. The third-order valence-corrected chi connectivity index (χ3v) is 4.04. The zero-order valence-corrected chi connectivity index (χ0v) is 14.1. The van der Waals surface area contributed by atoms with Crippen LogP contribution in [0.1, 0.15) is 37.3 Å². The van der Waals surface area contributed by atoms with E-state index in [2.05, 4.69) is 26.2 Å². The van der Waals surface area contributed by atoms with Crippen LogP contribution in [-0.4, -0.2) is 44.0 Å². The molecule has 0 unspecified atom stereocenters. The monoisotopic (exact) mass is 319 g/mol. The lowest BCUT2D eigenvalue weighted by Gasteiger charge is -2.27. The molecule has 0 radical (unpaired) electrons. The van der Waals surface area contributed by atoms with Crippen LogP contribution in [0.3, 0.4) is 0 Å². The van der Waals surface area contributed by atoms with Crippen LogP contribution in [0, 0.1) is 0 Å². The molecule has 23 heavy (non-hydrogen) atoms. The van der Waals surface area contributed by atoms with Crippen LogP contribution in [0.5, 0.6) is 5.75 Å². The first-order valence-corrected chi connectivity index (χ1v) is 7.92. The summed E-state index contributed by atoms with van der Waals surface area (Å²) in [6.07, 6.45) is 3.25. The van der Waals surface area contributed by atoms with E-state index in [1.54, 1.807) is 7.11 Å². The number of benzene rings is 1. The molecular weight excluding hydrogens is 294 g/mol. The van der Waals surface area contributed by atoms with Gasteiger partial charge in [0.15, 0.2) is 0 Å². The number of hydrogen-bond acceptors (Lipinski definition) is 5. The van der Waals surface area contributed by atoms with Gasteiger partial charge in [0.25, 0.3) is 0 Å². The molecule has 126 valence electrons. The molecule has 0 atom stereocenters. The first kappa shape index (κ1) is 17.3. The van der Waals surface area contributed by atoms with Gasteiger partial charge in [-0.2, -0.15) is 5.10 Å². The molecule has 0 spiro atoms. The normalized spacial score (nSPS) is 16.0. The number of hydrazone groups is 1. The molecule has 6 nitrogen and oxygen atoms in total. The molecule has 1 aromatic carbocycles. The van der Waals surface area contributed by atoms with E-state index in [4.69, 9.17) is 4.74 Å². The Kier molecular flexibility index (Phi) is 6.40. The molecule has 0 bridgehead atoms. The number of rotatable bonds is 5. The minimum atomic E-state index is -0.577. The molecule has 0 aromatic heterocycles. The highest BCUT2D eigenvalue weighted by Gasteiger charge is 2.14. The van der Waals surface area contributed by atoms with Gasteiger partial charge < -0.3 is 9.47 Å². The maximum Gasteiger partial charge on any atom is 0.427 e. The molecule has 1 saturated heterocycles. The predicted molar refractivity (Wildman–Crippen MR) is 89.9 cm³/mol. The molecular formula is C17H25N3O3. The summed E-state index contributed by atoms with van der Waals surface area (Å²) in [6.45, 7) is 4.98. The van der Waals surface area contributed by atoms with E-state index in [9.17, 15) is 4.79 Å². The molecule has 6 heteroatoms. The number of ether oxygens (including phenoxy) is 2. The molecule has 2 rings (SSSR count). The van der Waals surface area contributed by atoms with Crippen molar-refractivity contribution in [1.29, 1.82) is 0 Å². The number of hydrogen-bond donors (Lipinski definition) is 1. The summed E-state index contributed by atoms with van der Waals surface area (Å²) in [7, 11) is 3.00. The summed E-state index contributed by atoms with van der Waals surface area (Å²) in [4.78, 5) is 13.6. The molecule has 1 aliphatic heterocycles. The summed E-state index contributed by atoms with van der Waals surface area (Å²) in [6, 6.07) is 5.97. The number of piperidine rings is 1. The van der Waals surface area contributed by atoms with Gasteiger partial charge in [0, 0.05) is 12.1 Å². The van der Waals surface area contributed by atoms with Gasteiger partial charge in [-0.25, -0.2) is 10.2 Å². The summed E-state index contributed by atoms with van der Waals surface area (Å²) in [5.41, 5.74) is 5.16. The van der Waals surface area contributed by atoms with Gasteiger partial charge in [0.1, 0.15) is 5.75 Å². The largest absolute Gasteiger partial charge is 0.496 e. The zero-order valence-electron chi connectivity index (χ0n) is 14.1. The van der Waals surface area contributed by atoms with Crippen LogP contribution < -0.4 is 10.2 Å². The smallest absolute Gasteiger partial charge is 0.427 e. The Labute approximate surface area is 137 Å². The Balaban J connectivity index is 2.15. The van der Waals surface area contributed by atoms with Crippen LogP contribution in [-0.2, 0) is 11.3 Å². The van der Waals surface area contributed by atoms with E-state index in [1.807, 2.05) is 19.1 Å². The highest BCUT2D eigenvalue weighted by Crippen LogP contribution is 2.23. The number of nitrogens with zero attached hydrogens (tertiary/aromatic N) is 2. The number of carbonyl (C=O) groups is 1. The number of nitrogens with one attached hydrogen (secondary N) is 1. The first-order valence-electron chi connectivity index (χ1n) is 7.92. The molecule has 1 aromatic rings. The van der Waals surface area contributed by atoms with Gasteiger partial charge in [-0.15, -0.1) is 0 Å². The van der Waals surface area contributed by atoms with Crippen molar-refractivity contribution in [2.24, 2.45) is 5.10 Å². The molecule has 1 aliphatic rings. The second-order valence-corrected chi connectivity index (χ2v) is 5.66. The van der Waals surface area contributed by atoms with Gasteiger partial charge in [-0.1, -0.05) is 6.42 Å². The number of methoxy groups -OCH3 is 2. The van der Waals surface area contributed by atoms with E-state index < -0.39 is 6.09 Å². The molecule has 1 N–H and O–H groups in total. The minimum Gasteiger partial charge on any atom is -0.496 e. The standard InChI is InChI=1S/C17H25N3O3/c1-13(18-19-17(21)23-3)14-7-8-16(22-2)15(11-14)12-20-9-5-4-6-10-20/h7-8,11H,4-6,9-10,12H2,1-3H3,(H,19,21)/b18-13-. The van der Waals surface area contributed by atoms with E-state index in [1.165, 1.54) is 26.4 Å². The lowest BCUT2D eigenvalue weighted by Crippen LogP contribution is -2.29.